The van der Waals surface area contributed by atoms with Crippen LogP contribution in [0, 0.1) is 13.8 Å². The van der Waals surface area contributed by atoms with Gasteiger partial charge in [-0.25, -0.2) is 0 Å². The summed E-state index contributed by atoms with van der Waals surface area (Å²) in [5.41, 5.74) is 2.97. The largest absolute Gasteiger partial charge is 0.361 e. The third-order valence-electron chi connectivity index (χ3n) is 3.62. The molecule has 2 aromatic heterocycles. The van der Waals surface area contributed by atoms with E-state index in [4.69, 9.17) is 4.52 Å². The maximum atomic E-state index is 5.22. The minimum atomic E-state index is 0.243. The zero-order valence-corrected chi connectivity index (χ0v) is 12.8. The van der Waals surface area contributed by atoms with Crippen molar-refractivity contribution < 1.29 is 4.52 Å². The van der Waals surface area contributed by atoms with Gasteiger partial charge < -0.3 is 9.84 Å². The van der Waals surface area contributed by atoms with Crippen LogP contribution in [0.5, 0.6) is 0 Å². The predicted molar refractivity (Wildman–Crippen MR) is 82.0 cm³/mol. The van der Waals surface area contributed by atoms with E-state index in [-0.39, 0.29) is 5.92 Å². The van der Waals surface area contributed by atoms with Gasteiger partial charge >= 0.3 is 0 Å². The minimum Gasteiger partial charge on any atom is -0.361 e. The van der Waals surface area contributed by atoms with Crippen LogP contribution in [0.4, 0.5) is 5.95 Å². The molecule has 7 heteroatoms. The van der Waals surface area contributed by atoms with Gasteiger partial charge in [0.2, 0.25) is 5.95 Å². The van der Waals surface area contributed by atoms with Gasteiger partial charge in [-0.1, -0.05) is 35.4 Å². The van der Waals surface area contributed by atoms with Gasteiger partial charge in [-0.15, -0.1) is 0 Å². The summed E-state index contributed by atoms with van der Waals surface area (Å²) in [6, 6.07) is 9.78. The molecule has 0 aliphatic carbocycles. The van der Waals surface area contributed by atoms with Crippen LogP contribution < -0.4 is 5.32 Å². The summed E-state index contributed by atoms with van der Waals surface area (Å²) in [5, 5.41) is 19.1. The highest BCUT2D eigenvalue weighted by molar-refractivity contribution is 5.39. The topological polar surface area (TPSA) is 81.7 Å². The number of nitrogens with zero attached hydrogens (tertiary/aromatic N) is 5. The fraction of sp³-hybridized carbons (Fsp3) is 0.333. The molecule has 0 saturated carbocycles. The quantitative estimate of drug-likeness (QED) is 0.779. The van der Waals surface area contributed by atoms with Crippen LogP contribution in [-0.4, -0.2) is 31.9 Å². The SMILES string of the molecule is Cc1noc(C)c1[C@@H](C)CNc1nnnn1-c1ccccc1. The van der Waals surface area contributed by atoms with Gasteiger partial charge in [0.15, 0.2) is 0 Å². The third kappa shape index (κ3) is 2.69. The van der Waals surface area contributed by atoms with Crippen molar-refractivity contribution in [3.63, 3.8) is 0 Å². The van der Waals surface area contributed by atoms with Gasteiger partial charge in [-0.2, -0.15) is 4.68 Å². The van der Waals surface area contributed by atoms with Crippen LogP contribution in [0.25, 0.3) is 5.69 Å². The zero-order valence-electron chi connectivity index (χ0n) is 12.8. The lowest BCUT2D eigenvalue weighted by Gasteiger charge is -2.13. The monoisotopic (exact) mass is 298 g/mol. The van der Waals surface area contributed by atoms with E-state index in [9.17, 15) is 0 Å². The molecule has 0 spiro atoms. The van der Waals surface area contributed by atoms with Crippen molar-refractivity contribution in [2.24, 2.45) is 0 Å². The van der Waals surface area contributed by atoms with Crippen LogP contribution in [0.3, 0.4) is 0 Å². The second kappa shape index (κ2) is 5.97. The summed E-state index contributed by atoms with van der Waals surface area (Å²) in [5.74, 6) is 1.71. The molecule has 0 aliphatic heterocycles. The molecular weight excluding hydrogens is 280 g/mol. The highest BCUT2D eigenvalue weighted by atomic mass is 16.5. The van der Waals surface area contributed by atoms with E-state index in [2.05, 4.69) is 32.9 Å². The van der Waals surface area contributed by atoms with Gasteiger partial charge in [0.25, 0.3) is 0 Å². The van der Waals surface area contributed by atoms with Gasteiger partial charge in [0.05, 0.1) is 11.4 Å². The van der Waals surface area contributed by atoms with Gasteiger partial charge in [0, 0.05) is 18.0 Å². The summed E-state index contributed by atoms with van der Waals surface area (Å²) in [7, 11) is 0. The van der Waals surface area contributed by atoms with Crippen LogP contribution in [0.15, 0.2) is 34.9 Å². The number of rotatable bonds is 5. The van der Waals surface area contributed by atoms with E-state index < -0.39 is 0 Å². The Labute approximate surface area is 128 Å². The first-order valence-electron chi connectivity index (χ1n) is 7.17. The molecule has 0 amide bonds. The molecule has 0 saturated heterocycles. The lowest BCUT2D eigenvalue weighted by Crippen LogP contribution is -2.14. The lowest BCUT2D eigenvalue weighted by atomic mass is 10.00. The molecule has 0 aliphatic rings. The smallest absolute Gasteiger partial charge is 0.247 e. The third-order valence-corrected chi connectivity index (χ3v) is 3.62. The number of aromatic nitrogens is 5. The number of nitrogens with one attached hydrogen (secondary N) is 1. The van der Waals surface area contributed by atoms with E-state index in [0.29, 0.717) is 12.5 Å². The fourth-order valence-electron chi connectivity index (χ4n) is 2.58. The summed E-state index contributed by atoms with van der Waals surface area (Å²) in [6.07, 6.45) is 0. The lowest BCUT2D eigenvalue weighted by molar-refractivity contribution is 0.391. The summed E-state index contributed by atoms with van der Waals surface area (Å²) in [4.78, 5) is 0. The standard InChI is InChI=1S/C15H18N6O/c1-10(14-11(2)18-22-12(14)3)9-16-15-17-19-20-21(15)13-7-5-4-6-8-13/h4-8,10H,9H2,1-3H3,(H,16,17,20)/t10-/m0/s1. The van der Waals surface area contributed by atoms with Gasteiger partial charge in [-0.05, 0) is 36.4 Å². The summed E-state index contributed by atoms with van der Waals surface area (Å²) in [6.45, 7) is 6.70. The number of benzene rings is 1. The predicted octanol–water partition coefficient (Wildman–Crippen LogP) is 2.48. The molecule has 1 atom stereocenters. The number of tetrazole rings is 1. The van der Waals surface area contributed by atoms with E-state index >= 15 is 0 Å². The molecule has 2 heterocycles. The Hall–Kier alpha value is -2.70. The van der Waals surface area contributed by atoms with Crippen molar-refractivity contribution in [1.82, 2.24) is 25.4 Å². The average Bonchev–Trinajstić information content (AvgIpc) is 3.12. The number of para-hydroxylation sites is 1. The number of aryl methyl sites for hydroxylation is 2. The molecule has 0 radical (unpaired) electrons. The second-order valence-corrected chi connectivity index (χ2v) is 5.27. The highest BCUT2D eigenvalue weighted by Crippen LogP contribution is 2.23. The van der Waals surface area contributed by atoms with Crippen LogP contribution in [0.1, 0.15) is 29.9 Å². The van der Waals surface area contributed by atoms with Crippen LogP contribution in [0.2, 0.25) is 0 Å². The van der Waals surface area contributed by atoms with Crippen LogP contribution >= 0.6 is 0 Å². The molecule has 3 rings (SSSR count). The van der Waals surface area contributed by atoms with Crippen molar-refractivity contribution in [2.45, 2.75) is 26.7 Å². The summed E-state index contributed by atoms with van der Waals surface area (Å²) >= 11 is 0. The molecule has 1 aromatic carbocycles. The average molecular weight is 298 g/mol. The Morgan fingerprint density at radius 3 is 2.68 bits per heavy atom. The molecule has 0 bridgehead atoms. The van der Waals surface area contributed by atoms with Crippen molar-refractivity contribution in [2.75, 3.05) is 11.9 Å². The first-order chi connectivity index (χ1) is 10.7. The Morgan fingerprint density at radius 2 is 2.00 bits per heavy atom. The Bertz CT molecular complexity index is 729. The second-order valence-electron chi connectivity index (χ2n) is 5.27. The number of hydrogen-bond acceptors (Lipinski definition) is 6. The van der Waals surface area contributed by atoms with Crippen molar-refractivity contribution in [1.29, 1.82) is 0 Å². The van der Waals surface area contributed by atoms with Gasteiger partial charge in [0.1, 0.15) is 5.76 Å². The first-order valence-corrected chi connectivity index (χ1v) is 7.17. The molecule has 0 fully saturated rings. The Morgan fingerprint density at radius 1 is 1.23 bits per heavy atom. The summed E-state index contributed by atoms with van der Waals surface area (Å²) < 4.78 is 6.90. The first kappa shape index (κ1) is 14.2. The van der Waals surface area contributed by atoms with Crippen LogP contribution in [-0.2, 0) is 0 Å². The van der Waals surface area contributed by atoms with E-state index in [1.54, 1.807) is 4.68 Å². The Balaban J connectivity index is 1.74. The number of anilines is 1. The normalized spacial score (nSPS) is 12.3. The minimum absolute atomic E-state index is 0.243. The molecular formula is C15H18N6O. The van der Waals surface area contributed by atoms with E-state index in [1.165, 1.54) is 0 Å². The number of hydrogen-bond donors (Lipinski definition) is 1. The molecule has 22 heavy (non-hydrogen) atoms. The maximum absolute atomic E-state index is 5.22. The highest BCUT2D eigenvalue weighted by Gasteiger charge is 2.17. The molecule has 1 N–H and O–H groups in total. The van der Waals surface area contributed by atoms with Gasteiger partial charge in [-0.3, -0.25) is 0 Å². The molecule has 3 aromatic rings. The molecule has 0 unspecified atom stereocenters. The Kier molecular flexibility index (Phi) is 3.86. The van der Waals surface area contributed by atoms with Crippen molar-refractivity contribution >= 4 is 5.95 Å². The van der Waals surface area contributed by atoms with E-state index in [1.807, 2.05) is 44.2 Å². The van der Waals surface area contributed by atoms with E-state index in [0.717, 1.165) is 22.7 Å². The zero-order chi connectivity index (χ0) is 15.5. The van der Waals surface area contributed by atoms with Crippen molar-refractivity contribution in [3.8, 4) is 5.69 Å². The maximum Gasteiger partial charge on any atom is 0.247 e. The molecule has 7 nitrogen and oxygen atoms in total. The fourth-order valence-corrected chi connectivity index (χ4v) is 2.58. The van der Waals surface area contributed by atoms with Crippen molar-refractivity contribution in [3.05, 3.63) is 47.3 Å². The molecule has 114 valence electrons.